The third kappa shape index (κ3) is 7.11. The van der Waals surface area contributed by atoms with E-state index in [0.717, 1.165) is 36.3 Å². The normalized spacial score (nSPS) is 11.8. The first-order valence-electron chi connectivity index (χ1n) is 9.33. The lowest BCUT2D eigenvalue weighted by Gasteiger charge is -2.19. The highest BCUT2D eigenvalue weighted by Crippen LogP contribution is 2.46. The minimum Gasteiger partial charge on any atom is -0.488 e. The molecule has 2 rings (SSSR count). The van der Waals surface area contributed by atoms with Crippen LogP contribution in [0.2, 0.25) is 0 Å². The van der Waals surface area contributed by atoms with Crippen molar-refractivity contribution in [3.63, 3.8) is 0 Å². The summed E-state index contributed by atoms with van der Waals surface area (Å²) in [7, 11) is 0.209. The van der Waals surface area contributed by atoms with Crippen LogP contribution in [0.25, 0.3) is 0 Å². The second-order valence-corrected chi connectivity index (χ2v) is 9.34. The summed E-state index contributed by atoms with van der Waals surface area (Å²) in [5.41, 5.74) is 0. The van der Waals surface area contributed by atoms with E-state index in [1.807, 2.05) is 42.5 Å². The number of unbranched alkanes of at least 4 members (excludes halogenated alkanes) is 2. The molecule has 27 heavy (non-hydrogen) atoms. The Morgan fingerprint density at radius 1 is 0.889 bits per heavy atom. The lowest BCUT2D eigenvalue weighted by Crippen LogP contribution is -2.05. The first kappa shape index (κ1) is 21.6. The van der Waals surface area contributed by atoms with Crippen molar-refractivity contribution in [2.24, 2.45) is 0 Å². The summed E-state index contributed by atoms with van der Waals surface area (Å²) in [4.78, 5) is 0.804. The van der Waals surface area contributed by atoms with Gasteiger partial charge in [-0.2, -0.15) is 0 Å². The molecule has 0 aliphatic carbocycles. The molecule has 1 atom stereocenters. The summed E-state index contributed by atoms with van der Waals surface area (Å²) in [6, 6.07) is 13.3. The molecule has 1 unspecified atom stereocenters. The van der Waals surface area contributed by atoms with Gasteiger partial charge in [0.15, 0.2) is 11.5 Å². The molecule has 0 aliphatic rings. The van der Waals surface area contributed by atoms with Crippen LogP contribution >= 0.6 is 10.8 Å². The van der Waals surface area contributed by atoms with Crippen LogP contribution in [-0.4, -0.2) is 23.7 Å². The monoisotopic (exact) mass is 408 g/mol. The molecule has 0 fully saturated rings. The fourth-order valence-electron chi connectivity index (χ4n) is 2.32. The Kier molecular flexibility index (Phi) is 9.56. The van der Waals surface area contributed by atoms with E-state index in [2.05, 4.69) is 13.8 Å². The highest BCUT2D eigenvalue weighted by atomic mass is 33.1. The largest absolute Gasteiger partial charge is 0.488 e. The van der Waals surface area contributed by atoms with Crippen LogP contribution in [0.5, 0.6) is 23.0 Å². The van der Waals surface area contributed by atoms with Crippen LogP contribution in [0.15, 0.2) is 47.4 Å². The molecule has 2 aromatic rings. The summed E-state index contributed by atoms with van der Waals surface area (Å²) >= 11 is 0. The maximum Gasteiger partial charge on any atom is 0.205 e. The van der Waals surface area contributed by atoms with Crippen molar-refractivity contribution in [2.45, 2.75) is 44.4 Å². The minimum absolute atomic E-state index is 0.578. The van der Waals surface area contributed by atoms with Gasteiger partial charge in [0.25, 0.3) is 0 Å². The summed E-state index contributed by atoms with van der Waals surface area (Å²) in [6.07, 6.45) is 5.61. The molecule has 0 amide bonds. The predicted octanol–water partition coefficient (Wildman–Crippen LogP) is 6.22. The van der Waals surface area contributed by atoms with Crippen LogP contribution in [0.3, 0.4) is 0 Å². The van der Waals surface area contributed by atoms with E-state index in [1.165, 1.54) is 10.8 Å². The van der Waals surface area contributed by atoms with Gasteiger partial charge in [0.2, 0.25) is 5.75 Å². The van der Waals surface area contributed by atoms with Crippen molar-refractivity contribution in [1.29, 1.82) is 0 Å². The van der Waals surface area contributed by atoms with Gasteiger partial charge in [0.05, 0.1) is 27.9 Å². The molecule has 0 aliphatic heterocycles. The van der Waals surface area contributed by atoms with Gasteiger partial charge >= 0.3 is 0 Å². The molecule has 4 nitrogen and oxygen atoms in total. The average molecular weight is 409 g/mol. The van der Waals surface area contributed by atoms with Gasteiger partial charge in [-0.1, -0.05) is 44.9 Å². The second-order valence-electron chi connectivity index (χ2n) is 6.02. The van der Waals surface area contributed by atoms with Gasteiger partial charge in [-0.15, -0.1) is 0 Å². The van der Waals surface area contributed by atoms with Crippen molar-refractivity contribution >= 4 is 20.6 Å². The number of rotatable bonds is 12. The topological polar surface area (TPSA) is 44.8 Å². The van der Waals surface area contributed by atoms with Crippen molar-refractivity contribution in [3.05, 3.63) is 42.5 Å². The summed E-state index contributed by atoms with van der Waals surface area (Å²) in [5, 5.41) is 0. The number of hydrogen-bond donors (Lipinski definition) is 0. The fraction of sp³-hybridized carbons (Fsp3) is 0.429. The maximum atomic E-state index is 11.8. The Morgan fingerprint density at radius 3 is 2.11 bits per heavy atom. The number of ether oxygens (including phenoxy) is 3. The van der Waals surface area contributed by atoms with Gasteiger partial charge in [-0.05, 0) is 47.9 Å². The standard InChI is InChI=1S/C21H28O4S2/c1-4-6-15-23-20-18(25-17-11-9-8-10-12-17)13-14-19(26-27(3)22)21(20)24-16-7-5-2/h8-14H,4-7,15-16H2,1-3H3. The van der Waals surface area contributed by atoms with E-state index in [0.29, 0.717) is 30.5 Å². The molecule has 2 aromatic carbocycles. The fourth-order valence-corrected chi connectivity index (χ4v) is 4.08. The molecular formula is C21H28O4S2. The molecule has 0 bridgehead atoms. The van der Waals surface area contributed by atoms with Gasteiger partial charge in [0.1, 0.15) is 5.75 Å². The van der Waals surface area contributed by atoms with E-state index in [4.69, 9.17) is 14.2 Å². The van der Waals surface area contributed by atoms with Crippen molar-refractivity contribution in [3.8, 4) is 23.0 Å². The minimum atomic E-state index is -1.05. The summed E-state index contributed by atoms with van der Waals surface area (Å²) in [6.45, 7) is 5.40. The molecule has 0 spiro atoms. The molecule has 0 saturated heterocycles. The molecule has 6 heteroatoms. The van der Waals surface area contributed by atoms with E-state index in [9.17, 15) is 4.21 Å². The molecular weight excluding hydrogens is 380 g/mol. The first-order chi connectivity index (χ1) is 13.2. The molecule has 0 N–H and O–H groups in total. The lowest BCUT2D eigenvalue weighted by atomic mass is 10.2. The zero-order chi connectivity index (χ0) is 19.5. The Morgan fingerprint density at radius 2 is 1.52 bits per heavy atom. The highest BCUT2D eigenvalue weighted by molar-refractivity contribution is 8.69. The van der Waals surface area contributed by atoms with E-state index in [-0.39, 0.29) is 0 Å². The second kappa shape index (κ2) is 11.9. The van der Waals surface area contributed by atoms with Crippen molar-refractivity contribution in [1.82, 2.24) is 0 Å². The molecule has 0 aromatic heterocycles. The van der Waals surface area contributed by atoms with Crippen LogP contribution in [0.1, 0.15) is 39.5 Å². The van der Waals surface area contributed by atoms with Crippen molar-refractivity contribution < 1.29 is 18.4 Å². The first-order valence-corrected chi connectivity index (χ1v) is 12.2. The zero-order valence-corrected chi connectivity index (χ0v) is 17.9. The maximum absolute atomic E-state index is 11.8. The Hall–Kier alpha value is -1.66. The zero-order valence-electron chi connectivity index (χ0n) is 16.2. The van der Waals surface area contributed by atoms with Crippen LogP contribution in [0, 0.1) is 0 Å². The number of benzene rings is 2. The summed E-state index contributed by atoms with van der Waals surface area (Å²) in [5.74, 6) is 2.54. The van der Waals surface area contributed by atoms with Crippen LogP contribution in [0.4, 0.5) is 0 Å². The van der Waals surface area contributed by atoms with Crippen LogP contribution in [-0.2, 0) is 9.83 Å². The Labute approximate surface area is 168 Å². The third-order valence-corrected chi connectivity index (χ3v) is 5.69. The third-order valence-electron chi connectivity index (χ3n) is 3.71. The molecule has 148 valence electrons. The highest BCUT2D eigenvalue weighted by Gasteiger charge is 2.20. The average Bonchev–Trinajstić information content (AvgIpc) is 2.66. The van der Waals surface area contributed by atoms with Gasteiger partial charge in [-0.25, -0.2) is 4.21 Å². The molecule has 0 saturated carbocycles. The van der Waals surface area contributed by atoms with E-state index >= 15 is 0 Å². The predicted molar refractivity (Wildman–Crippen MR) is 114 cm³/mol. The van der Waals surface area contributed by atoms with Crippen molar-refractivity contribution in [2.75, 3.05) is 19.5 Å². The van der Waals surface area contributed by atoms with Crippen LogP contribution < -0.4 is 14.2 Å². The van der Waals surface area contributed by atoms with Gasteiger partial charge < -0.3 is 14.2 Å². The SMILES string of the molecule is CCCCOc1c(Oc2ccccc2)ccc(SS(C)=O)c1OCCCC. The van der Waals surface area contributed by atoms with Gasteiger partial charge in [0, 0.05) is 6.26 Å². The summed E-state index contributed by atoms with van der Waals surface area (Å²) < 4.78 is 30.0. The number of para-hydroxylation sites is 1. The van der Waals surface area contributed by atoms with Gasteiger partial charge in [-0.3, -0.25) is 0 Å². The van der Waals surface area contributed by atoms with E-state index < -0.39 is 9.83 Å². The number of hydrogen-bond acceptors (Lipinski definition) is 5. The smallest absolute Gasteiger partial charge is 0.205 e. The lowest BCUT2D eigenvalue weighted by molar-refractivity contribution is 0.249. The molecule has 0 radical (unpaired) electrons. The molecule has 0 heterocycles. The van der Waals surface area contributed by atoms with E-state index in [1.54, 1.807) is 6.26 Å². The quantitative estimate of drug-likeness (QED) is 0.308. The Bertz CT molecular complexity index is 720. The Balaban J connectivity index is 2.40.